The molecule has 110 valence electrons. The number of carbonyl (C=O) groups excluding carboxylic acids is 1. The number of aliphatic hydroxyl groups is 1. The number of aliphatic hydroxyl groups excluding tert-OH is 1. The summed E-state index contributed by atoms with van der Waals surface area (Å²) in [6, 6.07) is 18.4. The van der Waals surface area contributed by atoms with Crippen molar-refractivity contribution in [3.8, 4) is 0 Å². The molecule has 0 radical (unpaired) electrons. The Morgan fingerprint density at radius 1 is 1.05 bits per heavy atom. The van der Waals surface area contributed by atoms with E-state index in [2.05, 4.69) is 5.32 Å². The first-order valence-electron chi connectivity index (χ1n) is 6.94. The molecule has 2 aromatic carbocycles. The zero-order valence-corrected chi connectivity index (χ0v) is 11.9. The fourth-order valence-corrected chi connectivity index (χ4v) is 2.08. The molecule has 0 saturated carbocycles. The maximum atomic E-state index is 11.7. The lowest BCUT2D eigenvalue weighted by atomic mass is 9.98. The van der Waals surface area contributed by atoms with Crippen LogP contribution in [0.15, 0.2) is 60.7 Å². The summed E-state index contributed by atoms with van der Waals surface area (Å²) in [5, 5.41) is 13.1. The quantitative estimate of drug-likeness (QED) is 0.887. The van der Waals surface area contributed by atoms with Crippen molar-refractivity contribution in [2.24, 2.45) is 0 Å². The van der Waals surface area contributed by atoms with Gasteiger partial charge in [0.15, 0.2) is 6.10 Å². The van der Waals surface area contributed by atoms with Crippen LogP contribution in [0.4, 0.5) is 4.79 Å². The molecule has 0 saturated heterocycles. The molecule has 21 heavy (non-hydrogen) atoms. The lowest BCUT2D eigenvalue weighted by Crippen LogP contribution is -2.28. The number of amides is 1. The van der Waals surface area contributed by atoms with Gasteiger partial charge >= 0.3 is 6.09 Å². The predicted molar refractivity (Wildman–Crippen MR) is 80.7 cm³/mol. The van der Waals surface area contributed by atoms with E-state index < -0.39 is 18.3 Å². The molecule has 4 nitrogen and oxygen atoms in total. The first kappa shape index (κ1) is 15.1. The smallest absolute Gasteiger partial charge is 0.407 e. The highest BCUT2D eigenvalue weighted by molar-refractivity contribution is 5.67. The lowest BCUT2D eigenvalue weighted by molar-refractivity contribution is 0.000170. The summed E-state index contributed by atoms with van der Waals surface area (Å²) in [6.07, 6.45) is -2.21. The van der Waals surface area contributed by atoms with E-state index in [0.29, 0.717) is 12.1 Å². The molecule has 0 aliphatic heterocycles. The molecule has 2 N–H and O–H groups in total. The molecule has 0 spiro atoms. The molecule has 0 aliphatic carbocycles. The maximum Gasteiger partial charge on any atom is 0.407 e. The first-order chi connectivity index (χ1) is 10.2. The van der Waals surface area contributed by atoms with Gasteiger partial charge in [-0.2, -0.15) is 0 Å². The van der Waals surface area contributed by atoms with E-state index in [4.69, 9.17) is 4.74 Å². The molecular formula is C17H19NO3. The zero-order valence-electron chi connectivity index (χ0n) is 11.9. The van der Waals surface area contributed by atoms with Gasteiger partial charge in [-0.15, -0.1) is 0 Å². The second-order valence-corrected chi connectivity index (χ2v) is 4.62. The topological polar surface area (TPSA) is 58.6 Å². The van der Waals surface area contributed by atoms with Crippen molar-refractivity contribution in [1.29, 1.82) is 0 Å². The molecule has 4 heteroatoms. The minimum atomic E-state index is -0.920. The van der Waals surface area contributed by atoms with Crippen LogP contribution in [0, 0.1) is 0 Å². The number of hydrogen-bond acceptors (Lipinski definition) is 3. The number of carbonyl (C=O) groups is 1. The van der Waals surface area contributed by atoms with Crippen molar-refractivity contribution in [2.45, 2.75) is 19.1 Å². The number of rotatable bonds is 5. The minimum Gasteiger partial charge on any atom is -0.438 e. The van der Waals surface area contributed by atoms with Gasteiger partial charge in [-0.3, -0.25) is 0 Å². The van der Waals surface area contributed by atoms with E-state index in [1.807, 2.05) is 67.6 Å². The van der Waals surface area contributed by atoms with Crippen LogP contribution in [-0.2, 0) is 4.74 Å². The Morgan fingerprint density at radius 2 is 1.57 bits per heavy atom. The Bertz CT molecular complexity index is 557. The largest absolute Gasteiger partial charge is 0.438 e. The Labute approximate surface area is 124 Å². The van der Waals surface area contributed by atoms with Gasteiger partial charge in [0.05, 0.1) is 0 Å². The van der Waals surface area contributed by atoms with Gasteiger partial charge in [0.1, 0.15) is 6.10 Å². The molecule has 0 unspecified atom stereocenters. The lowest BCUT2D eigenvalue weighted by Gasteiger charge is -2.24. The van der Waals surface area contributed by atoms with Crippen LogP contribution in [-0.4, -0.2) is 17.7 Å². The fourth-order valence-electron chi connectivity index (χ4n) is 2.08. The van der Waals surface area contributed by atoms with Crippen molar-refractivity contribution >= 4 is 6.09 Å². The number of ether oxygens (including phenoxy) is 1. The van der Waals surface area contributed by atoms with E-state index in [9.17, 15) is 9.90 Å². The molecule has 2 rings (SSSR count). The molecule has 0 heterocycles. The van der Waals surface area contributed by atoms with E-state index in [1.54, 1.807) is 0 Å². The highest BCUT2D eigenvalue weighted by atomic mass is 16.6. The highest BCUT2D eigenvalue weighted by Gasteiger charge is 2.26. The average Bonchev–Trinajstić information content (AvgIpc) is 2.54. The Kier molecular flexibility index (Phi) is 5.35. The van der Waals surface area contributed by atoms with Gasteiger partial charge in [0.2, 0.25) is 0 Å². The van der Waals surface area contributed by atoms with Gasteiger partial charge in [-0.25, -0.2) is 4.79 Å². The summed E-state index contributed by atoms with van der Waals surface area (Å²) in [7, 11) is 0. The summed E-state index contributed by atoms with van der Waals surface area (Å²) >= 11 is 0. The first-order valence-corrected chi connectivity index (χ1v) is 6.94. The van der Waals surface area contributed by atoms with Gasteiger partial charge in [0, 0.05) is 6.54 Å². The number of alkyl carbamates (subject to hydrolysis) is 1. The van der Waals surface area contributed by atoms with Crippen LogP contribution in [0.25, 0.3) is 0 Å². The third kappa shape index (κ3) is 4.07. The molecule has 2 aromatic rings. The van der Waals surface area contributed by atoms with Crippen LogP contribution in [0.2, 0.25) is 0 Å². The van der Waals surface area contributed by atoms with Crippen LogP contribution in [0.1, 0.15) is 30.3 Å². The van der Waals surface area contributed by atoms with E-state index in [0.717, 1.165) is 5.56 Å². The number of nitrogens with one attached hydrogen (secondary N) is 1. The van der Waals surface area contributed by atoms with Crippen LogP contribution >= 0.6 is 0 Å². The average molecular weight is 285 g/mol. The third-order valence-corrected chi connectivity index (χ3v) is 3.11. The normalized spacial score (nSPS) is 13.2. The summed E-state index contributed by atoms with van der Waals surface area (Å²) < 4.78 is 5.39. The summed E-state index contributed by atoms with van der Waals surface area (Å²) in [5.74, 6) is 0. The number of hydrogen-bond donors (Lipinski definition) is 2. The summed E-state index contributed by atoms with van der Waals surface area (Å²) in [6.45, 7) is 2.29. The third-order valence-electron chi connectivity index (χ3n) is 3.11. The Balaban J connectivity index is 2.25. The van der Waals surface area contributed by atoms with Crippen molar-refractivity contribution < 1.29 is 14.6 Å². The Hall–Kier alpha value is -2.33. The van der Waals surface area contributed by atoms with E-state index in [-0.39, 0.29) is 0 Å². The molecule has 0 bridgehead atoms. The van der Waals surface area contributed by atoms with Crippen LogP contribution < -0.4 is 5.32 Å². The summed E-state index contributed by atoms with van der Waals surface area (Å²) in [4.78, 5) is 11.7. The monoisotopic (exact) mass is 285 g/mol. The highest BCUT2D eigenvalue weighted by Crippen LogP contribution is 2.31. The van der Waals surface area contributed by atoms with Gasteiger partial charge in [-0.05, 0) is 18.1 Å². The van der Waals surface area contributed by atoms with Gasteiger partial charge < -0.3 is 15.2 Å². The fraction of sp³-hybridized carbons (Fsp3) is 0.235. The minimum absolute atomic E-state index is 0.474. The van der Waals surface area contributed by atoms with Crippen molar-refractivity contribution in [3.63, 3.8) is 0 Å². The van der Waals surface area contributed by atoms with E-state index >= 15 is 0 Å². The molecular weight excluding hydrogens is 266 g/mol. The van der Waals surface area contributed by atoms with Crippen molar-refractivity contribution in [1.82, 2.24) is 5.32 Å². The maximum absolute atomic E-state index is 11.7. The Morgan fingerprint density at radius 3 is 2.10 bits per heavy atom. The van der Waals surface area contributed by atoms with Gasteiger partial charge in [-0.1, -0.05) is 60.7 Å². The van der Waals surface area contributed by atoms with Gasteiger partial charge in [0.25, 0.3) is 0 Å². The molecule has 0 aromatic heterocycles. The molecule has 0 aliphatic rings. The summed E-state index contributed by atoms with van der Waals surface area (Å²) in [5.41, 5.74) is 1.45. The second-order valence-electron chi connectivity index (χ2n) is 4.62. The van der Waals surface area contributed by atoms with Crippen LogP contribution in [0.3, 0.4) is 0 Å². The molecule has 2 atom stereocenters. The number of benzene rings is 2. The zero-order chi connectivity index (χ0) is 15.1. The van der Waals surface area contributed by atoms with E-state index in [1.165, 1.54) is 0 Å². The molecule has 1 amide bonds. The van der Waals surface area contributed by atoms with Crippen molar-refractivity contribution in [2.75, 3.05) is 6.54 Å². The predicted octanol–water partition coefficient (Wildman–Crippen LogP) is 3.21. The second kappa shape index (κ2) is 7.45. The van der Waals surface area contributed by atoms with Crippen LogP contribution in [0.5, 0.6) is 0 Å². The standard InChI is InChI=1S/C17H19NO3/c1-2-18-17(20)21-16(14-11-7-4-8-12-14)15(19)13-9-5-3-6-10-13/h3-12,15-16,19H,2H2,1H3,(H,18,20)/t15-,16+/m0/s1. The van der Waals surface area contributed by atoms with Crippen molar-refractivity contribution in [3.05, 3.63) is 71.8 Å². The molecule has 0 fully saturated rings. The SMILES string of the molecule is CCNC(=O)O[C@H](c1ccccc1)[C@@H](O)c1ccccc1.